The minimum Gasteiger partial charge on any atom is -0.351 e. The van der Waals surface area contributed by atoms with Crippen LogP contribution in [0.15, 0.2) is 41.8 Å². The van der Waals surface area contributed by atoms with E-state index in [0.717, 1.165) is 23.0 Å². The molecule has 0 fully saturated rings. The van der Waals surface area contributed by atoms with Crippen molar-refractivity contribution >= 4 is 35.6 Å². The summed E-state index contributed by atoms with van der Waals surface area (Å²) >= 11 is 0. The molecule has 0 saturated heterocycles. The highest BCUT2D eigenvalue weighted by Crippen LogP contribution is 2.07. The molecule has 128 valence electrons. The highest BCUT2D eigenvalue weighted by molar-refractivity contribution is 14.0. The maximum atomic E-state index is 4.61. The van der Waals surface area contributed by atoms with Crippen LogP contribution in [0, 0.1) is 6.92 Å². The third-order valence-corrected chi connectivity index (χ3v) is 3.69. The zero-order valence-corrected chi connectivity index (χ0v) is 16.4. The van der Waals surface area contributed by atoms with Crippen molar-refractivity contribution in [3.63, 3.8) is 0 Å². The molecule has 3 aromatic rings. The van der Waals surface area contributed by atoms with Crippen LogP contribution in [0.4, 0.5) is 0 Å². The molecule has 0 unspecified atom stereocenters. The molecular formula is C16H22IN7. The van der Waals surface area contributed by atoms with E-state index in [2.05, 4.69) is 44.8 Å². The summed E-state index contributed by atoms with van der Waals surface area (Å²) < 4.78 is 3.86. The van der Waals surface area contributed by atoms with Crippen LogP contribution in [-0.4, -0.2) is 32.2 Å². The van der Waals surface area contributed by atoms with Gasteiger partial charge in [-0.25, -0.2) is 4.98 Å². The summed E-state index contributed by atoms with van der Waals surface area (Å²) in [7, 11) is 3.68. The predicted molar refractivity (Wildman–Crippen MR) is 106 cm³/mol. The number of aromatic nitrogens is 4. The van der Waals surface area contributed by atoms with Crippen LogP contribution in [-0.2, 0) is 20.1 Å². The molecule has 0 aliphatic rings. The number of fused-ring (bicyclic) bond motifs is 1. The average molecular weight is 439 g/mol. The van der Waals surface area contributed by atoms with Gasteiger partial charge in [-0.05, 0) is 30.7 Å². The molecule has 8 heteroatoms. The Morgan fingerprint density at radius 1 is 1.25 bits per heavy atom. The molecule has 24 heavy (non-hydrogen) atoms. The molecule has 0 spiro atoms. The van der Waals surface area contributed by atoms with Crippen LogP contribution in [0.1, 0.15) is 17.0 Å². The van der Waals surface area contributed by atoms with Gasteiger partial charge in [0.2, 0.25) is 0 Å². The summed E-state index contributed by atoms with van der Waals surface area (Å²) in [6.45, 7) is 3.35. The second-order valence-electron chi connectivity index (χ2n) is 5.43. The third-order valence-electron chi connectivity index (χ3n) is 3.69. The quantitative estimate of drug-likeness (QED) is 0.370. The first-order valence-electron chi connectivity index (χ1n) is 7.51. The summed E-state index contributed by atoms with van der Waals surface area (Å²) in [5.41, 5.74) is 4.23. The Labute approximate surface area is 158 Å². The molecule has 3 aromatic heterocycles. The first-order chi connectivity index (χ1) is 11.2. The number of hydrogen-bond donors (Lipinski definition) is 2. The van der Waals surface area contributed by atoms with Gasteiger partial charge in [0, 0.05) is 32.7 Å². The van der Waals surface area contributed by atoms with Crippen molar-refractivity contribution in [1.29, 1.82) is 0 Å². The van der Waals surface area contributed by atoms with E-state index in [9.17, 15) is 0 Å². The topological polar surface area (TPSA) is 71.5 Å². The number of nitrogens with one attached hydrogen (secondary N) is 2. The standard InChI is InChI=1S/C16H21N7.HI/c1-12-5-7-23-11-13(21-15(23)8-12)9-18-16(17-2)19-10-14-4-6-20-22(14)3;/h4-8,11H,9-10H2,1-3H3,(H2,17,18,19);1H. The fourth-order valence-corrected chi connectivity index (χ4v) is 2.37. The number of nitrogens with zero attached hydrogens (tertiary/aromatic N) is 5. The number of pyridine rings is 1. The number of hydrogen-bond acceptors (Lipinski definition) is 3. The fourth-order valence-electron chi connectivity index (χ4n) is 2.37. The number of guanidine groups is 1. The Balaban J connectivity index is 0.00000208. The molecular weight excluding hydrogens is 417 g/mol. The van der Waals surface area contributed by atoms with Crippen LogP contribution in [0.2, 0.25) is 0 Å². The van der Waals surface area contributed by atoms with Crippen LogP contribution < -0.4 is 10.6 Å². The highest BCUT2D eigenvalue weighted by atomic mass is 127. The van der Waals surface area contributed by atoms with Gasteiger partial charge in [0.15, 0.2) is 5.96 Å². The number of aliphatic imine (C=N–C) groups is 1. The Morgan fingerprint density at radius 3 is 2.75 bits per heavy atom. The molecule has 3 heterocycles. The van der Waals surface area contributed by atoms with Gasteiger partial charge in [-0.15, -0.1) is 24.0 Å². The van der Waals surface area contributed by atoms with Crippen LogP contribution >= 0.6 is 24.0 Å². The van der Waals surface area contributed by atoms with Gasteiger partial charge in [-0.1, -0.05) is 0 Å². The van der Waals surface area contributed by atoms with Crippen molar-refractivity contribution < 1.29 is 0 Å². The van der Waals surface area contributed by atoms with Crippen molar-refractivity contribution in [2.45, 2.75) is 20.0 Å². The fraction of sp³-hybridized carbons (Fsp3) is 0.312. The van der Waals surface area contributed by atoms with Crippen molar-refractivity contribution in [2.75, 3.05) is 7.05 Å². The second kappa shape index (κ2) is 8.13. The average Bonchev–Trinajstić information content (AvgIpc) is 3.13. The summed E-state index contributed by atoms with van der Waals surface area (Å²) in [5.74, 6) is 0.736. The van der Waals surface area contributed by atoms with E-state index < -0.39 is 0 Å². The van der Waals surface area contributed by atoms with Crippen LogP contribution in [0.25, 0.3) is 5.65 Å². The smallest absolute Gasteiger partial charge is 0.191 e. The Morgan fingerprint density at radius 2 is 2.04 bits per heavy atom. The van der Waals surface area contributed by atoms with E-state index in [0.29, 0.717) is 13.1 Å². The molecule has 0 aliphatic carbocycles. The zero-order valence-electron chi connectivity index (χ0n) is 14.0. The first-order valence-corrected chi connectivity index (χ1v) is 7.51. The van der Waals surface area contributed by atoms with E-state index in [-0.39, 0.29) is 24.0 Å². The molecule has 0 aromatic carbocycles. The number of aryl methyl sites for hydroxylation is 2. The van der Waals surface area contributed by atoms with Gasteiger partial charge in [0.25, 0.3) is 0 Å². The summed E-state index contributed by atoms with van der Waals surface area (Å²) in [4.78, 5) is 8.84. The predicted octanol–water partition coefficient (Wildman–Crippen LogP) is 1.86. The van der Waals surface area contributed by atoms with Crippen molar-refractivity contribution in [3.05, 3.63) is 53.7 Å². The maximum Gasteiger partial charge on any atom is 0.191 e. The molecule has 0 atom stereocenters. The lowest BCUT2D eigenvalue weighted by molar-refractivity contribution is 0.684. The van der Waals surface area contributed by atoms with E-state index in [1.807, 2.05) is 34.6 Å². The lowest BCUT2D eigenvalue weighted by Gasteiger charge is -2.10. The molecule has 0 saturated carbocycles. The SMILES string of the molecule is CN=C(NCc1cn2ccc(C)cc2n1)NCc1ccnn1C.I. The summed E-state index contributed by atoms with van der Waals surface area (Å²) in [5, 5.41) is 10.7. The number of halogens is 1. The minimum absolute atomic E-state index is 0. The molecule has 0 bridgehead atoms. The van der Waals surface area contributed by atoms with Crippen molar-refractivity contribution in [3.8, 4) is 0 Å². The lowest BCUT2D eigenvalue weighted by atomic mass is 10.3. The molecule has 7 nitrogen and oxygen atoms in total. The molecule has 3 rings (SSSR count). The van der Waals surface area contributed by atoms with E-state index in [1.165, 1.54) is 5.56 Å². The normalized spacial score (nSPS) is 11.4. The molecule has 0 aliphatic heterocycles. The van der Waals surface area contributed by atoms with Crippen LogP contribution in [0.5, 0.6) is 0 Å². The lowest BCUT2D eigenvalue weighted by Crippen LogP contribution is -2.36. The molecule has 0 radical (unpaired) electrons. The highest BCUT2D eigenvalue weighted by Gasteiger charge is 2.04. The monoisotopic (exact) mass is 439 g/mol. The Hall–Kier alpha value is -2.10. The van der Waals surface area contributed by atoms with E-state index in [1.54, 1.807) is 13.2 Å². The Kier molecular flexibility index (Phi) is 6.18. The Bertz CT molecular complexity index is 834. The van der Waals surface area contributed by atoms with Crippen molar-refractivity contribution in [1.82, 2.24) is 29.8 Å². The second-order valence-corrected chi connectivity index (χ2v) is 5.43. The van der Waals surface area contributed by atoms with Gasteiger partial charge in [0.05, 0.1) is 24.5 Å². The largest absolute Gasteiger partial charge is 0.351 e. The van der Waals surface area contributed by atoms with Gasteiger partial charge < -0.3 is 15.0 Å². The van der Waals surface area contributed by atoms with Crippen LogP contribution in [0.3, 0.4) is 0 Å². The van der Waals surface area contributed by atoms with Gasteiger partial charge in [-0.3, -0.25) is 9.67 Å². The summed E-state index contributed by atoms with van der Waals surface area (Å²) in [6.07, 6.45) is 5.83. The third kappa shape index (κ3) is 4.25. The van der Waals surface area contributed by atoms with E-state index in [4.69, 9.17) is 0 Å². The van der Waals surface area contributed by atoms with Gasteiger partial charge in [-0.2, -0.15) is 5.10 Å². The summed E-state index contributed by atoms with van der Waals surface area (Å²) in [6, 6.07) is 6.12. The zero-order chi connectivity index (χ0) is 16.2. The molecule has 2 N–H and O–H groups in total. The molecule has 0 amide bonds. The van der Waals surface area contributed by atoms with Crippen molar-refractivity contribution in [2.24, 2.45) is 12.0 Å². The van der Waals surface area contributed by atoms with Gasteiger partial charge in [0.1, 0.15) is 5.65 Å². The van der Waals surface area contributed by atoms with E-state index >= 15 is 0 Å². The minimum atomic E-state index is 0. The van der Waals surface area contributed by atoms with Gasteiger partial charge >= 0.3 is 0 Å². The first kappa shape index (κ1) is 18.2. The number of imidazole rings is 1. The number of rotatable bonds is 4. The maximum absolute atomic E-state index is 4.61.